The number of nitrogens with one attached hydrogen (secondary N) is 2. The van der Waals surface area contributed by atoms with E-state index in [9.17, 15) is 4.79 Å². The van der Waals surface area contributed by atoms with Gasteiger partial charge in [0.15, 0.2) is 0 Å². The summed E-state index contributed by atoms with van der Waals surface area (Å²) >= 11 is 0. The molecule has 0 spiro atoms. The third-order valence-corrected chi connectivity index (χ3v) is 3.89. The molecule has 3 aromatic rings. The van der Waals surface area contributed by atoms with Crippen molar-refractivity contribution in [3.8, 4) is 0 Å². The number of hydroxylamine groups is 1. The number of hydrogen-bond acceptors (Lipinski definition) is 4. The SMILES string of the molecule is COC(=O)C(Cc1c[nH]c2ccccc12)NOCc1ccccc1. The van der Waals surface area contributed by atoms with E-state index in [0.717, 1.165) is 22.0 Å². The van der Waals surface area contributed by atoms with Crippen molar-refractivity contribution < 1.29 is 14.4 Å². The van der Waals surface area contributed by atoms with Crippen LogP contribution in [-0.2, 0) is 27.4 Å². The van der Waals surface area contributed by atoms with E-state index in [1.54, 1.807) is 0 Å². The lowest BCUT2D eigenvalue weighted by Gasteiger charge is -2.16. The molecule has 2 aromatic carbocycles. The van der Waals surface area contributed by atoms with E-state index in [1.165, 1.54) is 7.11 Å². The first kappa shape index (κ1) is 16.2. The second kappa shape index (κ2) is 7.77. The van der Waals surface area contributed by atoms with Crippen molar-refractivity contribution in [1.29, 1.82) is 0 Å². The van der Waals surface area contributed by atoms with E-state index < -0.39 is 6.04 Å². The quantitative estimate of drug-likeness (QED) is 0.518. The molecule has 1 aromatic heterocycles. The van der Waals surface area contributed by atoms with Gasteiger partial charge in [0.25, 0.3) is 0 Å². The van der Waals surface area contributed by atoms with E-state index >= 15 is 0 Å². The van der Waals surface area contributed by atoms with E-state index in [1.807, 2.05) is 60.8 Å². The number of fused-ring (bicyclic) bond motifs is 1. The van der Waals surface area contributed by atoms with Gasteiger partial charge in [0.2, 0.25) is 0 Å². The zero-order valence-electron chi connectivity index (χ0n) is 13.5. The van der Waals surface area contributed by atoms with Gasteiger partial charge in [-0.25, -0.2) is 0 Å². The molecule has 124 valence electrons. The number of aromatic amines is 1. The van der Waals surface area contributed by atoms with Gasteiger partial charge >= 0.3 is 5.97 Å². The molecule has 0 aliphatic carbocycles. The average molecular weight is 324 g/mol. The first-order valence-electron chi connectivity index (χ1n) is 7.82. The predicted molar refractivity (Wildman–Crippen MR) is 92.2 cm³/mol. The molecule has 2 N–H and O–H groups in total. The highest BCUT2D eigenvalue weighted by Gasteiger charge is 2.21. The number of hydrogen-bond donors (Lipinski definition) is 2. The van der Waals surface area contributed by atoms with E-state index in [2.05, 4.69) is 10.5 Å². The third-order valence-electron chi connectivity index (χ3n) is 3.89. The maximum Gasteiger partial charge on any atom is 0.325 e. The Kier molecular flexibility index (Phi) is 5.25. The fraction of sp³-hybridized carbons (Fsp3) is 0.211. The number of methoxy groups -OCH3 is 1. The van der Waals surface area contributed by atoms with Gasteiger partial charge in [-0.05, 0) is 17.2 Å². The molecule has 24 heavy (non-hydrogen) atoms. The first-order chi connectivity index (χ1) is 11.8. The fourth-order valence-electron chi connectivity index (χ4n) is 2.64. The lowest BCUT2D eigenvalue weighted by molar-refractivity contribution is -0.148. The number of esters is 1. The Morgan fingerprint density at radius 3 is 2.67 bits per heavy atom. The lowest BCUT2D eigenvalue weighted by atomic mass is 10.1. The van der Waals surface area contributed by atoms with Crippen LogP contribution in [0.2, 0.25) is 0 Å². The third kappa shape index (κ3) is 3.82. The lowest BCUT2D eigenvalue weighted by Crippen LogP contribution is -2.39. The van der Waals surface area contributed by atoms with Crippen LogP contribution < -0.4 is 5.48 Å². The Bertz CT molecular complexity index is 798. The molecule has 5 nitrogen and oxygen atoms in total. The van der Waals surface area contributed by atoms with Crippen LogP contribution in [0.1, 0.15) is 11.1 Å². The topological polar surface area (TPSA) is 63.4 Å². The summed E-state index contributed by atoms with van der Waals surface area (Å²) < 4.78 is 4.88. The van der Waals surface area contributed by atoms with Crippen molar-refractivity contribution in [2.45, 2.75) is 19.1 Å². The van der Waals surface area contributed by atoms with Gasteiger partial charge in [0.05, 0.1) is 13.7 Å². The van der Waals surface area contributed by atoms with E-state index in [4.69, 9.17) is 9.57 Å². The molecule has 3 rings (SSSR count). The average Bonchev–Trinajstić information content (AvgIpc) is 3.04. The van der Waals surface area contributed by atoms with Gasteiger partial charge in [-0.1, -0.05) is 48.5 Å². The standard InChI is InChI=1S/C19H20N2O3/c1-23-19(22)18(21-24-13-14-7-3-2-4-8-14)11-15-12-20-17-10-6-5-9-16(15)17/h2-10,12,18,20-21H,11,13H2,1H3. The molecule has 5 heteroatoms. The highest BCUT2D eigenvalue weighted by molar-refractivity contribution is 5.84. The van der Waals surface area contributed by atoms with Crippen LogP contribution in [0.3, 0.4) is 0 Å². The van der Waals surface area contributed by atoms with Crippen LogP contribution in [0.4, 0.5) is 0 Å². The summed E-state index contributed by atoms with van der Waals surface area (Å²) in [6, 6.07) is 17.2. The second-order valence-electron chi connectivity index (χ2n) is 5.53. The number of benzene rings is 2. The first-order valence-corrected chi connectivity index (χ1v) is 7.82. The summed E-state index contributed by atoms with van der Waals surface area (Å²) in [5, 5.41) is 1.09. The molecule has 0 saturated carbocycles. The van der Waals surface area contributed by atoms with Crippen molar-refractivity contribution in [2.24, 2.45) is 0 Å². The molecule has 1 heterocycles. The summed E-state index contributed by atoms with van der Waals surface area (Å²) in [6.07, 6.45) is 2.39. The van der Waals surface area contributed by atoms with Crippen LogP contribution >= 0.6 is 0 Å². The normalized spacial score (nSPS) is 12.2. The summed E-state index contributed by atoms with van der Waals surface area (Å²) in [7, 11) is 1.38. The Balaban J connectivity index is 1.66. The number of carbonyl (C=O) groups excluding carboxylic acids is 1. The highest BCUT2D eigenvalue weighted by Crippen LogP contribution is 2.19. The minimum Gasteiger partial charge on any atom is -0.468 e. The van der Waals surface area contributed by atoms with Crippen LogP contribution in [0.5, 0.6) is 0 Å². The van der Waals surface area contributed by atoms with Gasteiger partial charge < -0.3 is 9.72 Å². The zero-order valence-corrected chi connectivity index (χ0v) is 13.5. The monoisotopic (exact) mass is 324 g/mol. The van der Waals surface area contributed by atoms with Crippen LogP contribution in [-0.4, -0.2) is 24.1 Å². The van der Waals surface area contributed by atoms with Gasteiger partial charge in [-0.3, -0.25) is 9.63 Å². The van der Waals surface area contributed by atoms with Gasteiger partial charge in [-0.15, -0.1) is 0 Å². The molecule has 0 aliphatic heterocycles. The van der Waals surface area contributed by atoms with E-state index in [0.29, 0.717) is 13.0 Å². The largest absolute Gasteiger partial charge is 0.468 e. The molecular formula is C19H20N2O3. The molecule has 1 unspecified atom stereocenters. The Morgan fingerprint density at radius 1 is 1.12 bits per heavy atom. The number of H-pyrrole nitrogens is 1. The molecular weight excluding hydrogens is 304 g/mol. The van der Waals surface area contributed by atoms with Crippen molar-refractivity contribution >= 4 is 16.9 Å². The summed E-state index contributed by atoms with van der Waals surface area (Å²) in [6.45, 7) is 0.377. The number of para-hydroxylation sites is 1. The molecule has 0 radical (unpaired) electrons. The minimum absolute atomic E-state index is 0.353. The number of aromatic nitrogens is 1. The number of rotatable bonds is 7. The highest BCUT2D eigenvalue weighted by atomic mass is 16.6. The van der Waals surface area contributed by atoms with Crippen molar-refractivity contribution in [1.82, 2.24) is 10.5 Å². The van der Waals surface area contributed by atoms with Crippen molar-refractivity contribution in [2.75, 3.05) is 7.11 Å². The summed E-state index contributed by atoms with van der Waals surface area (Å²) in [5.41, 5.74) is 5.94. The summed E-state index contributed by atoms with van der Waals surface area (Å²) in [5.74, 6) is -0.353. The molecule has 0 fully saturated rings. The predicted octanol–water partition coefficient (Wildman–Crippen LogP) is 2.97. The molecule has 0 amide bonds. The second-order valence-corrected chi connectivity index (χ2v) is 5.53. The molecule has 1 atom stereocenters. The Morgan fingerprint density at radius 2 is 1.88 bits per heavy atom. The van der Waals surface area contributed by atoms with Crippen molar-refractivity contribution in [3.63, 3.8) is 0 Å². The Labute approximate surface area is 140 Å². The maximum atomic E-state index is 12.0. The van der Waals surface area contributed by atoms with Crippen LogP contribution in [0.25, 0.3) is 10.9 Å². The maximum absolute atomic E-state index is 12.0. The van der Waals surface area contributed by atoms with Gasteiger partial charge in [0.1, 0.15) is 6.04 Å². The number of ether oxygens (including phenoxy) is 1. The van der Waals surface area contributed by atoms with Crippen molar-refractivity contribution in [3.05, 3.63) is 71.9 Å². The van der Waals surface area contributed by atoms with E-state index in [-0.39, 0.29) is 5.97 Å². The fourth-order valence-corrected chi connectivity index (χ4v) is 2.64. The number of carbonyl (C=O) groups is 1. The minimum atomic E-state index is -0.571. The smallest absolute Gasteiger partial charge is 0.325 e. The van der Waals surface area contributed by atoms with Crippen LogP contribution in [0, 0.1) is 0 Å². The molecule has 0 bridgehead atoms. The van der Waals surface area contributed by atoms with Gasteiger partial charge in [-0.2, -0.15) is 5.48 Å². The van der Waals surface area contributed by atoms with Gasteiger partial charge in [0, 0.05) is 23.5 Å². The van der Waals surface area contributed by atoms with Crippen LogP contribution in [0.15, 0.2) is 60.8 Å². The summed E-state index contributed by atoms with van der Waals surface area (Å²) in [4.78, 5) is 20.8. The molecule has 0 saturated heterocycles. The zero-order chi connectivity index (χ0) is 16.8. The molecule has 0 aliphatic rings. The Hall–Kier alpha value is -2.63.